The minimum Gasteiger partial charge on any atom is -0.507 e. The van der Waals surface area contributed by atoms with Crippen LogP contribution in [0.5, 0.6) is 17.2 Å². The Labute approximate surface area is 184 Å². The number of methoxy groups -OCH3 is 1. The van der Waals surface area contributed by atoms with E-state index in [0.717, 1.165) is 0 Å². The highest BCUT2D eigenvalue weighted by Gasteiger charge is 2.35. The number of phenolic OH excluding ortho intramolecular Hbond substituents is 1. The van der Waals surface area contributed by atoms with Gasteiger partial charge in [0, 0.05) is 22.6 Å². The number of benzene rings is 3. The zero-order valence-electron chi connectivity index (χ0n) is 17.2. The zero-order chi connectivity index (χ0) is 22.7. The minimum atomic E-state index is -0.636. The molecule has 1 aliphatic heterocycles. The van der Waals surface area contributed by atoms with Crippen molar-refractivity contribution in [2.75, 3.05) is 13.7 Å². The lowest BCUT2D eigenvalue weighted by atomic mass is 9.83. The van der Waals surface area contributed by atoms with Crippen molar-refractivity contribution in [1.82, 2.24) is 0 Å². The van der Waals surface area contributed by atoms with Crippen molar-refractivity contribution in [1.29, 1.82) is 0 Å². The first-order valence-corrected chi connectivity index (χ1v) is 9.94. The van der Waals surface area contributed by atoms with Gasteiger partial charge < -0.3 is 19.3 Å². The number of esters is 2. The van der Waals surface area contributed by atoms with Crippen molar-refractivity contribution >= 4 is 17.7 Å². The van der Waals surface area contributed by atoms with Gasteiger partial charge in [0.05, 0.1) is 19.1 Å². The molecule has 0 aliphatic carbocycles. The van der Waals surface area contributed by atoms with E-state index in [1.165, 1.54) is 19.2 Å². The van der Waals surface area contributed by atoms with E-state index in [9.17, 15) is 19.5 Å². The molecule has 1 aliphatic rings. The molecule has 7 nitrogen and oxygen atoms in total. The molecule has 3 aromatic rings. The number of carbonyl (C=O) groups is 3. The van der Waals surface area contributed by atoms with Crippen LogP contribution in [0.3, 0.4) is 0 Å². The summed E-state index contributed by atoms with van der Waals surface area (Å²) in [5.74, 6) is -1.73. The van der Waals surface area contributed by atoms with Crippen LogP contribution in [0.15, 0.2) is 66.7 Å². The van der Waals surface area contributed by atoms with Gasteiger partial charge in [-0.25, -0.2) is 4.79 Å². The van der Waals surface area contributed by atoms with Gasteiger partial charge in [0.25, 0.3) is 0 Å². The average molecular weight is 432 g/mol. The van der Waals surface area contributed by atoms with Crippen molar-refractivity contribution < 1.29 is 33.7 Å². The predicted molar refractivity (Wildman–Crippen MR) is 114 cm³/mol. The van der Waals surface area contributed by atoms with Gasteiger partial charge in [-0.2, -0.15) is 0 Å². The number of para-hydroxylation sites is 1. The van der Waals surface area contributed by atoms with Crippen LogP contribution in [0.25, 0.3) is 0 Å². The van der Waals surface area contributed by atoms with E-state index in [-0.39, 0.29) is 35.9 Å². The fourth-order valence-corrected chi connectivity index (χ4v) is 3.74. The molecule has 32 heavy (non-hydrogen) atoms. The molecule has 0 fully saturated rings. The Hall–Kier alpha value is -4.13. The van der Waals surface area contributed by atoms with Crippen molar-refractivity contribution in [2.24, 2.45) is 0 Å². The normalized spacial score (nSPS) is 14.8. The van der Waals surface area contributed by atoms with E-state index in [4.69, 9.17) is 9.47 Å². The van der Waals surface area contributed by atoms with E-state index in [2.05, 4.69) is 4.74 Å². The summed E-state index contributed by atoms with van der Waals surface area (Å²) in [6.45, 7) is -0.309. The summed E-state index contributed by atoms with van der Waals surface area (Å²) >= 11 is 0. The highest BCUT2D eigenvalue weighted by atomic mass is 16.6. The van der Waals surface area contributed by atoms with Crippen LogP contribution >= 0.6 is 0 Å². The van der Waals surface area contributed by atoms with Gasteiger partial charge in [0.2, 0.25) is 0 Å². The molecule has 0 aromatic heterocycles. The number of hydrogen-bond acceptors (Lipinski definition) is 7. The molecule has 0 radical (unpaired) electrons. The molecule has 1 atom stereocenters. The van der Waals surface area contributed by atoms with Gasteiger partial charge in [-0.1, -0.05) is 48.5 Å². The van der Waals surface area contributed by atoms with Crippen LogP contribution in [-0.2, 0) is 14.3 Å². The molecule has 0 bridgehead atoms. The number of phenols is 1. The molecule has 4 rings (SSSR count). The Kier molecular flexibility index (Phi) is 5.89. The molecular formula is C25H20O7. The summed E-state index contributed by atoms with van der Waals surface area (Å²) in [6, 6.07) is 18.4. The molecule has 0 unspecified atom stereocenters. The topological polar surface area (TPSA) is 99.1 Å². The quantitative estimate of drug-likeness (QED) is 0.361. The number of rotatable bonds is 6. The SMILES string of the molecule is COC(=O)COc1ccccc1[C@@H]1CC(=O)Oc2ccc(C(=O)c3ccccc3)c(O)c21. The Morgan fingerprint density at radius 1 is 1.03 bits per heavy atom. The molecule has 0 amide bonds. The van der Waals surface area contributed by atoms with Gasteiger partial charge in [-0.05, 0) is 18.2 Å². The molecule has 0 saturated heterocycles. The maximum atomic E-state index is 13.0. The van der Waals surface area contributed by atoms with Gasteiger partial charge in [-0.15, -0.1) is 0 Å². The van der Waals surface area contributed by atoms with Gasteiger partial charge >= 0.3 is 11.9 Å². The highest BCUT2D eigenvalue weighted by Crippen LogP contribution is 2.47. The van der Waals surface area contributed by atoms with Crippen molar-refractivity contribution in [2.45, 2.75) is 12.3 Å². The monoisotopic (exact) mass is 432 g/mol. The number of carbonyl (C=O) groups excluding carboxylic acids is 3. The summed E-state index contributed by atoms with van der Waals surface area (Å²) in [5.41, 5.74) is 1.43. The third-order valence-corrected chi connectivity index (χ3v) is 5.27. The Balaban J connectivity index is 1.79. The predicted octanol–water partition coefficient (Wildman–Crippen LogP) is 3.62. The van der Waals surface area contributed by atoms with Crippen molar-refractivity contribution in [3.63, 3.8) is 0 Å². The molecule has 1 heterocycles. The molecular weight excluding hydrogens is 412 g/mol. The Bertz CT molecular complexity index is 1180. The van der Waals surface area contributed by atoms with Crippen molar-refractivity contribution in [3.8, 4) is 17.2 Å². The van der Waals surface area contributed by atoms with Crippen LogP contribution in [0, 0.1) is 0 Å². The first-order chi connectivity index (χ1) is 15.5. The van der Waals surface area contributed by atoms with Crippen LogP contribution in [-0.4, -0.2) is 36.5 Å². The third-order valence-electron chi connectivity index (χ3n) is 5.27. The molecule has 1 N–H and O–H groups in total. The molecule has 0 saturated carbocycles. The van der Waals surface area contributed by atoms with E-state index in [1.807, 2.05) is 0 Å². The summed E-state index contributed by atoms with van der Waals surface area (Å²) in [5, 5.41) is 11.1. The second-order valence-electron chi connectivity index (χ2n) is 7.20. The summed E-state index contributed by atoms with van der Waals surface area (Å²) < 4.78 is 15.6. The van der Waals surface area contributed by atoms with Gasteiger partial charge in [-0.3, -0.25) is 9.59 Å². The summed E-state index contributed by atoms with van der Waals surface area (Å²) in [7, 11) is 1.26. The van der Waals surface area contributed by atoms with Crippen LogP contribution in [0.4, 0.5) is 0 Å². The molecule has 3 aromatic carbocycles. The van der Waals surface area contributed by atoms with Crippen molar-refractivity contribution in [3.05, 3.63) is 89.0 Å². The Morgan fingerprint density at radius 3 is 2.50 bits per heavy atom. The molecule has 7 heteroatoms. The second kappa shape index (κ2) is 8.93. The first kappa shape index (κ1) is 21.1. The third kappa shape index (κ3) is 4.05. The average Bonchev–Trinajstić information content (AvgIpc) is 2.82. The zero-order valence-corrected chi connectivity index (χ0v) is 17.2. The van der Waals surface area contributed by atoms with Gasteiger partial charge in [0.1, 0.15) is 17.2 Å². The standard InChI is InChI=1S/C25H20O7/c1-30-22(27)14-31-19-10-6-5-9-16(19)18-13-21(26)32-20-12-11-17(25(29)23(18)20)24(28)15-7-3-2-4-8-15/h2-12,18,29H,13-14H2,1H3/t18-/m0/s1. The second-order valence-corrected chi connectivity index (χ2v) is 7.20. The first-order valence-electron chi connectivity index (χ1n) is 9.94. The Morgan fingerprint density at radius 2 is 1.75 bits per heavy atom. The number of hydrogen-bond donors (Lipinski definition) is 1. The lowest BCUT2D eigenvalue weighted by molar-refractivity contribution is -0.143. The fourth-order valence-electron chi connectivity index (χ4n) is 3.74. The van der Waals surface area contributed by atoms with E-state index >= 15 is 0 Å². The number of fused-ring (bicyclic) bond motifs is 1. The minimum absolute atomic E-state index is 0.0673. The summed E-state index contributed by atoms with van der Waals surface area (Å²) in [4.78, 5) is 36.8. The van der Waals surface area contributed by atoms with E-state index < -0.39 is 17.9 Å². The summed E-state index contributed by atoms with van der Waals surface area (Å²) in [6.07, 6.45) is -0.0673. The number of ether oxygens (including phenoxy) is 3. The molecule has 0 spiro atoms. The fraction of sp³-hybridized carbons (Fsp3) is 0.160. The maximum absolute atomic E-state index is 13.0. The smallest absolute Gasteiger partial charge is 0.343 e. The van der Waals surface area contributed by atoms with Crippen LogP contribution in [0.2, 0.25) is 0 Å². The largest absolute Gasteiger partial charge is 0.507 e. The van der Waals surface area contributed by atoms with Gasteiger partial charge in [0.15, 0.2) is 12.4 Å². The molecule has 162 valence electrons. The number of ketones is 1. The maximum Gasteiger partial charge on any atom is 0.343 e. The van der Waals surface area contributed by atoms with Crippen LogP contribution < -0.4 is 9.47 Å². The van der Waals surface area contributed by atoms with E-state index in [1.54, 1.807) is 54.6 Å². The highest BCUT2D eigenvalue weighted by molar-refractivity contribution is 6.11. The number of aromatic hydroxyl groups is 1. The van der Waals surface area contributed by atoms with E-state index in [0.29, 0.717) is 22.4 Å². The lowest BCUT2D eigenvalue weighted by Crippen LogP contribution is -2.22. The van der Waals surface area contributed by atoms with Crippen LogP contribution in [0.1, 0.15) is 39.4 Å². The lowest BCUT2D eigenvalue weighted by Gasteiger charge is -2.27.